The molecule has 1 heterocycles. The summed E-state index contributed by atoms with van der Waals surface area (Å²) in [5, 5.41) is 3.76. The molecule has 0 radical (unpaired) electrons. The fourth-order valence-corrected chi connectivity index (χ4v) is 2.95. The van der Waals surface area contributed by atoms with Gasteiger partial charge in [0.15, 0.2) is 0 Å². The predicted octanol–water partition coefficient (Wildman–Crippen LogP) is 3.87. The minimum atomic E-state index is -0.212. The number of benzene rings is 2. The van der Waals surface area contributed by atoms with Gasteiger partial charge in [-0.2, -0.15) is 0 Å². The third-order valence-corrected chi connectivity index (χ3v) is 4.37. The Hall–Kier alpha value is -1.38. The van der Waals surface area contributed by atoms with Crippen LogP contribution in [0.4, 0.5) is 4.39 Å². The molecule has 1 nitrogen and oxygen atoms in total. The average molecular weight is 290 g/mol. The van der Waals surface area contributed by atoms with E-state index in [1.165, 1.54) is 17.2 Å². The molecular formula is C17H17ClFN. The van der Waals surface area contributed by atoms with E-state index in [2.05, 4.69) is 36.5 Å². The number of hydrogen-bond acceptors (Lipinski definition) is 1. The summed E-state index contributed by atoms with van der Waals surface area (Å²) in [4.78, 5) is 0. The van der Waals surface area contributed by atoms with E-state index in [1.54, 1.807) is 12.1 Å². The molecule has 0 atom stereocenters. The molecule has 0 amide bonds. The topological polar surface area (TPSA) is 12.0 Å². The summed E-state index contributed by atoms with van der Waals surface area (Å²) in [5.74, 6) is -0.212. The Bertz CT molecular complexity index is 617. The number of aryl methyl sites for hydroxylation is 1. The quantitative estimate of drug-likeness (QED) is 0.904. The lowest BCUT2D eigenvalue weighted by atomic mass is 9.71. The minimum absolute atomic E-state index is 0.00235. The van der Waals surface area contributed by atoms with Crippen LogP contribution in [0.1, 0.15) is 16.7 Å². The van der Waals surface area contributed by atoms with E-state index in [-0.39, 0.29) is 11.2 Å². The van der Waals surface area contributed by atoms with Crippen LogP contribution in [0.5, 0.6) is 0 Å². The van der Waals surface area contributed by atoms with Crippen LogP contribution in [0.15, 0.2) is 42.5 Å². The van der Waals surface area contributed by atoms with E-state index in [9.17, 15) is 4.39 Å². The lowest BCUT2D eigenvalue weighted by Gasteiger charge is -2.43. The van der Waals surface area contributed by atoms with Crippen molar-refractivity contribution in [2.45, 2.75) is 18.8 Å². The summed E-state index contributed by atoms with van der Waals surface area (Å²) in [6.07, 6.45) is 0.700. The summed E-state index contributed by atoms with van der Waals surface area (Å²) in [5.41, 5.74) is 3.25. The van der Waals surface area contributed by atoms with Crippen LogP contribution >= 0.6 is 11.6 Å². The molecule has 20 heavy (non-hydrogen) atoms. The second-order valence-electron chi connectivity index (χ2n) is 5.66. The van der Waals surface area contributed by atoms with Crippen molar-refractivity contribution in [3.05, 3.63) is 70.0 Å². The number of rotatable bonds is 3. The molecule has 1 aliphatic heterocycles. The predicted molar refractivity (Wildman–Crippen MR) is 80.8 cm³/mol. The van der Waals surface area contributed by atoms with Gasteiger partial charge < -0.3 is 5.32 Å². The Kier molecular flexibility index (Phi) is 3.53. The largest absolute Gasteiger partial charge is 0.315 e. The second kappa shape index (κ2) is 5.19. The lowest BCUT2D eigenvalue weighted by molar-refractivity contribution is 0.272. The van der Waals surface area contributed by atoms with Gasteiger partial charge in [0.25, 0.3) is 0 Å². The molecule has 2 aromatic rings. The van der Waals surface area contributed by atoms with Crippen LogP contribution in [0.2, 0.25) is 5.02 Å². The van der Waals surface area contributed by atoms with Crippen LogP contribution in [0.3, 0.4) is 0 Å². The first-order valence-electron chi connectivity index (χ1n) is 6.81. The highest BCUT2D eigenvalue weighted by Gasteiger charge is 2.39. The van der Waals surface area contributed by atoms with Gasteiger partial charge in [0, 0.05) is 23.5 Å². The zero-order valence-electron chi connectivity index (χ0n) is 11.4. The maximum atomic E-state index is 14.0. The smallest absolute Gasteiger partial charge is 0.127 e. The molecule has 3 heteroatoms. The standard InChI is InChI=1S/C17H17ClFN/c1-12-2-5-14(6-3-12)17(10-20-11-17)9-13-4-7-15(18)8-16(13)19/h2-8,20H,9-11H2,1H3. The molecular weight excluding hydrogens is 273 g/mol. The summed E-state index contributed by atoms with van der Waals surface area (Å²) < 4.78 is 14.0. The van der Waals surface area contributed by atoms with Gasteiger partial charge >= 0.3 is 0 Å². The average Bonchev–Trinajstić information content (AvgIpc) is 2.37. The van der Waals surface area contributed by atoms with Crippen molar-refractivity contribution in [2.75, 3.05) is 13.1 Å². The van der Waals surface area contributed by atoms with Crippen molar-refractivity contribution in [1.82, 2.24) is 5.32 Å². The highest BCUT2D eigenvalue weighted by atomic mass is 35.5. The van der Waals surface area contributed by atoms with Crippen molar-refractivity contribution in [3.8, 4) is 0 Å². The van der Waals surface area contributed by atoms with Gasteiger partial charge in [0.2, 0.25) is 0 Å². The second-order valence-corrected chi connectivity index (χ2v) is 6.10. The summed E-state index contributed by atoms with van der Waals surface area (Å²) in [6.45, 7) is 3.85. The van der Waals surface area contributed by atoms with Gasteiger partial charge in [0.1, 0.15) is 5.82 Å². The van der Waals surface area contributed by atoms with E-state index in [4.69, 9.17) is 11.6 Å². The van der Waals surface area contributed by atoms with Gasteiger partial charge in [0.05, 0.1) is 0 Å². The molecule has 2 aromatic carbocycles. The first-order chi connectivity index (χ1) is 9.59. The molecule has 0 spiro atoms. The van der Waals surface area contributed by atoms with Gasteiger partial charge in [-0.3, -0.25) is 0 Å². The molecule has 0 saturated carbocycles. The number of hydrogen-bond donors (Lipinski definition) is 1. The molecule has 104 valence electrons. The third kappa shape index (κ3) is 2.46. The lowest BCUT2D eigenvalue weighted by Crippen LogP contribution is -2.58. The fourth-order valence-electron chi connectivity index (χ4n) is 2.79. The molecule has 1 aliphatic rings. The molecule has 0 aliphatic carbocycles. The summed E-state index contributed by atoms with van der Waals surface area (Å²) in [6, 6.07) is 13.5. The Balaban J connectivity index is 1.91. The first-order valence-corrected chi connectivity index (χ1v) is 7.19. The molecule has 3 rings (SSSR count). The summed E-state index contributed by atoms with van der Waals surface area (Å²) >= 11 is 5.82. The fraction of sp³-hybridized carbons (Fsp3) is 0.294. The van der Waals surface area contributed by atoms with E-state index >= 15 is 0 Å². The molecule has 1 saturated heterocycles. The highest BCUT2D eigenvalue weighted by Crippen LogP contribution is 2.33. The van der Waals surface area contributed by atoms with Crippen molar-refractivity contribution in [2.24, 2.45) is 0 Å². The zero-order valence-corrected chi connectivity index (χ0v) is 12.2. The molecule has 1 N–H and O–H groups in total. The Morgan fingerprint density at radius 2 is 1.85 bits per heavy atom. The van der Waals surface area contributed by atoms with Gasteiger partial charge in [-0.1, -0.05) is 47.5 Å². The third-order valence-electron chi connectivity index (χ3n) is 4.13. The normalized spacial score (nSPS) is 16.8. The van der Waals surface area contributed by atoms with Crippen molar-refractivity contribution >= 4 is 11.6 Å². The van der Waals surface area contributed by atoms with E-state index in [0.29, 0.717) is 11.4 Å². The Labute approximate surface area is 123 Å². The Morgan fingerprint density at radius 1 is 1.15 bits per heavy atom. The number of halogens is 2. The van der Waals surface area contributed by atoms with Crippen molar-refractivity contribution < 1.29 is 4.39 Å². The van der Waals surface area contributed by atoms with E-state index in [1.807, 2.05) is 0 Å². The highest BCUT2D eigenvalue weighted by molar-refractivity contribution is 6.30. The van der Waals surface area contributed by atoms with Crippen LogP contribution in [-0.4, -0.2) is 13.1 Å². The number of nitrogens with one attached hydrogen (secondary N) is 1. The van der Waals surface area contributed by atoms with Crippen LogP contribution in [-0.2, 0) is 11.8 Å². The zero-order chi connectivity index (χ0) is 14.2. The molecule has 0 unspecified atom stereocenters. The molecule has 0 bridgehead atoms. The van der Waals surface area contributed by atoms with E-state index in [0.717, 1.165) is 18.7 Å². The Morgan fingerprint density at radius 3 is 2.40 bits per heavy atom. The van der Waals surface area contributed by atoms with Crippen LogP contribution in [0, 0.1) is 12.7 Å². The maximum Gasteiger partial charge on any atom is 0.127 e. The summed E-state index contributed by atoms with van der Waals surface area (Å²) in [7, 11) is 0. The van der Waals surface area contributed by atoms with Crippen molar-refractivity contribution in [1.29, 1.82) is 0 Å². The monoisotopic (exact) mass is 289 g/mol. The van der Waals surface area contributed by atoms with E-state index < -0.39 is 0 Å². The SMILES string of the molecule is Cc1ccc(C2(Cc3ccc(Cl)cc3F)CNC2)cc1. The van der Waals surface area contributed by atoms with Crippen LogP contribution < -0.4 is 5.32 Å². The maximum absolute atomic E-state index is 14.0. The van der Waals surface area contributed by atoms with Gasteiger partial charge in [-0.05, 0) is 36.6 Å². The first kappa shape index (κ1) is 13.6. The molecule has 0 aromatic heterocycles. The minimum Gasteiger partial charge on any atom is -0.315 e. The molecule has 1 fully saturated rings. The van der Waals surface area contributed by atoms with Crippen molar-refractivity contribution in [3.63, 3.8) is 0 Å². The van der Waals surface area contributed by atoms with Crippen LogP contribution in [0.25, 0.3) is 0 Å². The van der Waals surface area contributed by atoms with Gasteiger partial charge in [-0.15, -0.1) is 0 Å². The van der Waals surface area contributed by atoms with Gasteiger partial charge in [-0.25, -0.2) is 4.39 Å².